The van der Waals surface area contributed by atoms with Crippen LogP contribution in [-0.4, -0.2) is 33.2 Å². The molecule has 0 saturated heterocycles. The number of hydrogen-bond acceptors (Lipinski definition) is 6. The van der Waals surface area contributed by atoms with E-state index in [-0.39, 0.29) is 12.5 Å². The molecular weight excluding hydrogens is 320 g/mol. The largest absolute Gasteiger partial charge is 0.396 e. The normalized spacial score (nSPS) is 14.8. The number of nitrogens with one attached hydrogen (secondary N) is 1. The molecule has 0 spiro atoms. The molecule has 1 aliphatic rings. The van der Waals surface area contributed by atoms with Gasteiger partial charge in [-0.25, -0.2) is 9.97 Å². The van der Waals surface area contributed by atoms with Crippen LogP contribution in [0.15, 0.2) is 24.5 Å². The fourth-order valence-electron chi connectivity index (χ4n) is 3.08. The first-order valence-corrected chi connectivity index (χ1v) is 9.15. The summed E-state index contributed by atoms with van der Waals surface area (Å²) < 4.78 is 0. The van der Waals surface area contributed by atoms with E-state index in [0.29, 0.717) is 12.4 Å². The Morgan fingerprint density at radius 1 is 1.33 bits per heavy atom. The monoisotopic (exact) mass is 340 g/mol. The molecule has 2 N–H and O–H groups in total. The lowest BCUT2D eigenvalue weighted by molar-refractivity contribution is 0.244. The molecule has 1 atom stereocenters. The van der Waals surface area contributed by atoms with Gasteiger partial charge in [-0.2, -0.15) is 0 Å². The van der Waals surface area contributed by atoms with E-state index in [1.165, 1.54) is 22.2 Å². The first-order chi connectivity index (χ1) is 11.8. The van der Waals surface area contributed by atoms with Crippen LogP contribution in [0.3, 0.4) is 0 Å². The smallest absolute Gasteiger partial charge is 0.164 e. The Kier molecular flexibility index (Phi) is 4.16. The number of rotatable bonds is 5. The van der Waals surface area contributed by atoms with Crippen molar-refractivity contribution < 1.29 is 5.11 Å². The van der Waals surface area contributed by atoms with Crippen LogP contribution in [0.25, 0.3) is 21.6 Å². The van der Waals surface area contributed by atoms with Gasteiger partial charge in [0.2, 0.25) is 0 Å². The van der Waals surface area contributed by atoms with Gasteiger partial charge in [-0.1, -0.05) is 6.92 Å². The Morgan fingerprint density at radius 2 is 2.25 bits per heavy atom. The van der Waals surface area contributed by atoms with E-state index in [0.717, 1.165) is 29.1 Å². The zero-order valence-corrected chi connectivity index (χ0v) is 14.4. The van der Waals surface area contributed by atoms with Gasteiger partial charge in [0, 0.05) is 36.0 Å². The SMILES string of the molecule is C[C@H](CO)CNc1nc(-c2cccnc2)nc2sc3c(c12)CCC3. The lowest BCUT2D eigenvalue weighted by atomic mass is 10.1. The molecule has 4 rings (SSSR count). The first kappa shape index (κ1) is 15.5. The van der Waals surface area contributed by atoms with Crippen molar-refractivity contribution in [1.29, 1.82) is 0 Å². The number of hydrogen-bond donors (Lipinski definition) is 2. The van der Waals surface area contributed by atoms with E-state index < -0.39 is 0 Å². The van der Waals surface area contributed by atoms with Crippen molar-refractivity contribution in [3.8, 4) is 11.4 Å². The van der Waals surface area contributed by atoms with Crippen molar-refractivity contribution in [3.63, 3.8) is 0 Å². The minimum atomic E-state index is 0.165. The van der Waals surface area contributed by atoms with Gasteiger partial charge in [0.1, 0.15) is 10.6 Å². The second-order valence-corrected chi connectivity index (χ2v) is 7.43. The number of aliphatic hydroxyl groups excluding tert-OH is 1. The van der Waals surface area contributed by atoms with Gasteiger partial charge < -0.3 is 10.4 Å². The van der Waals surface area contributed by atoms with Crippen molar-refractivity contribution in [1.82, 2.24) is 15.0 Å². The molecule has 24 heavy (non-hydrogen) atoms. The van der Waals surface area contributed by atoms with E-state index in [2.05, 4.69) is 10.3 Å². The van der Waals surface area contributed by atoms with Crippen molar-refractivity contribution >= 4 is 27.4 Å². The van der Waals surface area contributed by atoms with Crippen LogP contribution in [0.4, 0.5) is 5.82 Å². The van der Waals surface area contributed by atoms with E-state index in [1.54, 1.807) is 23.7 Å². The molecule has 0 amide bonds. The van der Waals surface area contributed by atoms with E-state index >= 15 is 0 Å². The Labute approximate surface area is 144 Å². The molecule has 3 aromatic rings. The molecule has 6 heteroatoms. The number of fused-ring (bicyclic) bond motifs is 3. The van der Waals surface area contributed by atoms with Gasteiger partial charge in [0.15, 0.2) is 5.82 Å². The van der Waals surface area contributed by atoms with Gasteiger partial charge in [-0.3, -0.25) is 4.98 Å². The zero-order valence-electron chi connectivity index (χ0n) is 13.6. The third-order valence-corrected chi connectivity index (χ3v) is 5.60. The van der Waals surface area contributed by atoms with Gasteiger partial charge in [0.25, 0.3) is 0 Å². The average Bonchev–Trinajstić information content (AvgIpc) is 3.20. The van der Waals surface area contributed by atoms with E-state index in [1.807, 2.05) is 19.1 Å². The zero-order chi connectivity index (χ0) is 16.5. The third kappa shape index (κ3) is 2.76. The van der Waals surface area contributed by atoms with Crippen molar-refractivity contribution in [3.05, 3.63) is 35.0 Å². The molecule has 0 saturated carbocycles. The van der Waals surface area contributed by atoms with Crippen LogP contribution in [0.5, 0.6) is 0 Å². The topological polar surface area (TPSA) is 70.9 Å². The lowest BCUT2D eigenvalue weighted by Crippen LogP contribution is -2.15. The number of aryl methyl sites for hydroxylation is 2. The first-order valence-electron chi connectivity index (χ1n) is 8.33. The predicted molar refractivity (Wildman–Crippen MR) is 97.4 cm³/mol. The standard InChI is InChI=1S/C18H20N4OS/c1-11(10-23)8-20-17-15-13-5-2-6-14(13)24-18(15)22-16(21-17)12-4-3-7-19-9-12/h3-4,7,9,11,23H,2,5-6,8,10H2,1H3,(H,20,21,22)/t11-/m0/s1. The quantitative estimate of drug-likeness (QED) is 0.746. The lowest BCUT2D eigenvalue weighted by Gasteiger charge is -2.13. The van der Waals surface area contributed by atoms with Crippen LogP contribution in [0.2, 0.25) is 0 Å². The third-order valence-electron chi connectivity index (χ3n) is 4.41. The Morgan fingerprint density at radius 3 is 3.04 bits per heavy atom. The highest BCUT2D eigenvalue weighted by Crippen LogP contribution is 2.40. The molecule has 0 bridgehead atoms. The maximum atomic E-state index is 9.29. The van der Waals surface area contributed by atoms with Gasteiger partial charge in [-0.05, 0) is 42.9 Å². The van der Waals surface area contributed by atoms with Crippen LogP contribution < -0.4 is 5.32 Å². The number of aromatic nitrogens is 3. The fourth-order valence-corrected chi connectivity index (χ4v) is 4.34. The molecular formula is C18H20N4OS. The molecule has 0 aliphatic heterocycles. The van der Waals surface area contributed by atoms with Crippen LogP contribution in [-0.2, 0) is 12.8 Å². The maximum absolute atomic E-state index is 9.29. The minimum Gasteiger partial charge on any atom is -0.396 e. The molecule has 5 nitrogen and oxygen atoms in total. The van der Waals surface area contributed by atoms with E-state index in [9.17, 15) is 5.11 Å². The van der Waals surface area contributed by atoms with Gasteiger partial charge >= 0.3 is 0 Å². The van der Waals surface area contributed by atoms with Gasteiger partial charge in [-0.15, -0.1) is 11.3 Å². The summed E-state index contributed by atoms with van der Waals surface area (Å²) in [5.74, 6) is 1.77. The number of pyridine rings is 1. The summed E-state index contributed by atoms with van der Waals surface area (Å²) in [6.07, 6.45) is 7.01. The number of nitrogens with zero attached hydrogens (tertiary/aromatic N) is 3. The summed E-state index contributed by atoms with van der Waals surface area (Å²) in [7, 11) is 0. The van der Waals surface area contributed by atoms with Crippen LogP contribution in [0.1, 0.15) is 23.8 Å². The molecule has 124 valence electrons. The van der Waals surface area contributed by atoms with Crippen LogP contribution >= 0.6 is 11.3 Å². The number of thiophene rings is 1. The second-order valence-electron chi connectivity index (χ2n) is 6.34. The summed E-state index contributed by atoms with van der Waals surface area (Å²) in [5, 5.41) is 13.9. The van der Waals surface area contributed by atoms with Crippen molar-refractivity contribution in [2.75, 3.05) is 18.5 Å². The van der Waals surface area contributed by atoms with E-state index in [4.69, 9.17) is 9.97 Å². The highest BCUT2D eigenvalue weighted by atomic mass is 32.1. The average molecular weight is 340 g/mol. The Bertz CT molecular complexity index is 862. The maximum Gasteiger partial charge on any atom is 0.164 e. The molecule has 0 unspecified atom stereocenters. The summed E-state index contributed by atoms with van der Waals surface area (Å²) in [5.41, 5.74) is 2.33. The minimum absolute atomic E-state index is 0.165. The Balaban J connectivity index is 1.82. The van der Waals surface area contributed by atoms with Gasteiger partial charge in [0.05, 0.1) is 5.39 Å². The van der Waals surface area contributed by atoms with Crippen molar-refractivity contribution in [2.45, 2.75) is 26.2 Å². The summed E-state index contributed by atoms with van der Waals surface area (Å²) >= 11 is 1.79. The predicted octanol–water partition coefficient (Wildman–Crippen LogP) is 3.28. The van der Waals surface area contributed by atoms with Crippen LogP contribution in [0, 0.1) is 5.92 Å². The highest BCUT2D eigenvalue weighted by molar-refractivity contribution is 7.19. The second kappa shape index (κ2) is 6.45. The molecule has 0 aromatic carbocycles. The number of aliphatic hydroxyl groups is 1. The molecule has 1 aliphatic carbocycles. The fraction of sp³-hybridized carbons (Fsp3) is 0.389. The molecule has 0 radical (unpaired) electrons. The summed E-state index contributed by atoms with van der Waals surface area (Å²) in [4.78, 5) is 16.3. The highest BCUT2D eigenvalue weighted by Gasteiger charge is 2.22. The summed E-state index contributed by atoms with van der Waals surface area (Å²) in [6, 6.07) is 3.88. The summed E-state index contributed by atoms with van der Waals surface area (Å²) in [6.45, 7) is 2.88. The Hall–Kier alpha value is -2.05. The number of anilines is 1. The van der Waals surface area contributed by atoms with Crippen molar-refractivity contribution in [2.24, 2.45) is 5.92 Å². The molecule has 3 heterocycles. The molecule has 3 aromatic heterocycles. The molecule has 0 fully saturated rings.